The fourth-order valence-electron chi connectivity index (χ4n) is 1.45. The molecule has 6 nitrogen and oxygen atoms in total. The van der Waals surface area contributed by atoms with Crippen LogP contribution in [0, 0.1) is 11.6 Å². The average Bonchev–Trinajstić information content (AvgIpc) is 2.38. The van der Waals surface area contributed by atoms with Crippen LogP contribution in [0.4, 0.5) is 8.78 Å². The summed E-state index contributed by atoms with van der Waals surface area (Å²) < 4.78 is 76.4. The molecule has 0 aliphatic heterocycles. The maximum absolute atomic E-state index is 13.6. The average molecular weight is 343 g/mol. The summed E-state index contributed by atoms with van der Waals surface area (Å²) in [5.74, 6) is -3.77. The Hall–Kier alpha value is -1.26. The summed E-state index contributed by atoms with van der Waals surface area (Å²) in [7, 11) is -7.53. The van der Waals surface area contributed by atoms with Crippen molar-refractivity contribution < 1.29 is 30.4 Å². The molecule has 1 rings (SSSR count). The van der Waals surface area contributed by atoms with Gasteiger partial charge in [0.1, 0.15) is 14.7 Å². The summed E-state index contributed by atoms with van der Waals surface area (Å²) >= 11 is 0. The lowest BCUT2D eigenvalue weighted by molar-refractivity contribution is 0.294. The normalized spacial score (nSPS) is 12.4. The van der Waals surface area contributed by atoms with Crippen LogP contribution in [0.15, 0.2) is 17.0 Å². The van der Waals surface area contributed by atoms with Crippen LogP contribution in [0.2, 0.25) is 0 Å². The van der Waals surface area contributed by atoms with Crippen molar-refractivity contribution in [2.75, 3.05) is 18.1 Å². The predicted molar refractivity (Wildman–Crippen MR) is 72.2 cm³/mol. The molecule has 0 aliphatic carbocycles. The Morgan fingerprint density at radius 3 is 2.29 bits per heavy atom. The Labute approximate surface area is 121 Å². The Bertz CT molecular complexity index is 716. The molecule has 0 spiro atoms. The number of rotatable bonds is 7. The highest BCUT2D eigenvalue weighted by Crippen LogP contribution is 2.25. The molecule has 0 amide bonds. The second kappa shape index (κ2) is 6.67. The lowest BCUT2D eigenvalue weighted by Gasteiger charge is -2.09. The highest BCUT2D eigenvalue weighted by molar-refractivity contribution is 7.91. The first-order valence-corrected chi connectivity index (χ1v) is 9.29. The fourth-order valence-corrected chi connectivity index (χ4v) is 2.89. The highest BCUT2D eigenvalue weighted by atomic mass is 32.2. The number of sulfone groups is 1. The predicted octanol–water partition coefficient (Wildman–Crippen LogP) is 0.816. The van der Waals surface area contributed by atoms with Crippen LogP contribution in [0.1, 0.15) is 13.3 Å². The summed E-state index contributed by atoms with van der Waals surface area (Å²) in [4.78, 5) is -0.971. The molecule has 1 aromatic rings. The largest absolute Gasteiger partial charge is 0.490 e. The van der Waals surface area contributed by atoms with Crippen molar-refractivity contribution in [1.29, 1.82) is 0 Å². The number of hydrogen-bond donors (Lipinski definition) is 1. The third kappa shape index (κ3) is 4.90. The van der Waals surface area contributed by atoms with E-state index in [2.05, 4.69) is 0 Å². The van der Waals surface area contributed by atoms with Crippen LogP contribution in [0.5, 0.6) is 5.75 Å². The Morgan fingerprint density at radius 2 is 1.76 bits per heavy atom. The molecule has 0 bridgehead atoms. The number of sulfonamides is 1. The molecule has 0 heterocycles. The maximum atomic E-state index is 13.6. The van der Waals surface area contributed by atoms with Gasteiger partial charge < -0.3 is 4.74 Å². The van der Waals surface area contributed by atoms with Crippen LogP contribution in [-0.4, -0.2) is 34.9 Å². The fraction of sp³-hybridized carbons (Fsp3) is 0.455. The molecule has 0 radical (unpaired) electrons. The minimum absolute atomic E-state index is 0.0148. The molecule has 1 aromatic carbocycles. The van der Waals surface area contributed by atoms with Crippen LogP contribution < -0.4 is 9.88 Å². The third-order valence-electron chi connectivity index (χ3n) is 2.62. The zero-order valence-electron chi connectivity index (χ0n) is 11.2. The molecule has 2 N–H and O–H groups in total. The number of benzene rings is 1. The van der Waals surface area contributed by atoms with Crippen LogP contribution in [0.25, 0.3) is 0 Å². The smallest absolute Gasteiger partial charge is 0.241 e. The lowest BCUT2D eigenvalue weighted by atomic mass is 10.3. The van der Waals surface area contributed by atoms with Gasteiger partial charge in [-0.05, 0) is 18.6 Å². The van der Waals surface area contributed by atoms with Gasteiger partial charge in [-0.1, -0.05) is 6.92 Å². The van der Waals surface area contributed by atoms with E-state index in [9.17, 15) is 25.6 Å². The zero-order chi connectivity index (χ0) is 16.3. The molecule has 0 saturated heterocycles. The highest BCUT2D eigenvalue weighted by Gasteiger charge is 2.21. The third-order valence-corrected chi connectivity index (χ3v) is 5.33. The van der Waals surface area contributed by atoms with Gasteiger partial charge in [0, 0.05) is 5.75 Å². The van der Waals surface area contributed by atoms with Gasteiger partial charge in [-0.15, -0.1) is 0 Å². The van der Waals surface area contributed by atoms with Crippen molar-refractivity contribution in [2.45, 2.75) is 18.2 Å². The summed E-state index contributed by atoms with van der Waals surface area (Å²) in [6, 6.07) is 1.71. The van der Waals surface area contributed by atoms with Crippen molar-refractivity contribution in [2.24, 2.45) is 5.14 Å². The monoisotopic (exact) mass is 343 g/mol. The van der Waals surface area contributed by atoms with Crippen LogP contribution in [-0.2, 0) is 19.9 Å². The molecular weight excluding hydrogens is 328 g/mol. The van der Waals surface area contributed by atoms with Crippen LogP contribution >= 0.6 is 0 Å². The summed E-state index contributed by atoms with van der Waals surface area (Å²) in [5.41, 5.74) is 0. The standard InChI is InChI=1S/C11H15F2NO5S2/c1-2-20(15,16)7-3-6-19-8-4-5-9(21(14,17)18)11(13)10(8)12/h4-5H,2-3,6-7H2,1H3,(H2,14,17,18). The molecule has 0 aliphatic rings. The van der Waals surface area contributed by atoms with Crippen molar-refractivity contribution >= 4 is 19.9 Å². The summed E-state index contributed by atoms with van der Waals surface area (Å²) in [6.07, 6.45) is 0.105. The summed E-state index contributed by atoms with van der Waals surface area (Å²) in [5, 5.41) is 4.72. The number of halogens is 2. The number of primary sulfonamides is 1. The van der Waals surface area contributed by atoms with Gasteiger partial charge in [0.2, 0.25) is 15.8 Å². The van der Waals surface area contributed by atoms with E-state index in [4.69, 9.17) is 9.88 Å². The topological polar surface area (TPSA) is 104 Å². The minimum atomic E-state index is -4.37. The Balaban J connectivity index is 2.77. The van der Waals surface area contributed by atoms with Crippen molar-refractivity contribution in [3.05, 3.63) is 23.8 Å². The molecule has 0 unspecified atom stereocenters. The molecule has 0 atom stereocenters. The Morgan fingerprint density at radius 1 is 1.14 bits per heavy atom. The van der Waals surface area contributed by atoms with E-state index in [-0.39, 0.29) is 24.5 Å². The molecule has 120 valence electrons. The molecule has 0 fully saturated rings. The number of hydrogen-bond acceptors (Lipinski definition) is 5. The van der Waals surface area contributed by atoms with Gasteiger partial charge in [-0.2, -0.15) is 4.39 Å². The Kier molecular flexibility index (Phi) is 5.65. The number of ether oxygens (including phenoxy) is 1. The lowest BCUT2D eigenvalue weighted by Crippen LogP contribution is -2.16. The van der Waals surface area contributed by atoms with Gasteiger partial charge in [-0.3, -0.25) is 0 Å². The molecule has 0 saturated carbocycles. The SMILES string of the molecule is CCS(=O)(=O)CCCOc1ccc(S(N)(=O)=O)c(F)c1F. The van der Waals surface area contributed by atoms with Gasteiger partial charge in [0.15, 0.2) is 11.6 Å². The second-order valence-electron chi connectivity index (χ2n) is 4.17. The van der Waals surface area contributed by atoms with Crippen molar-refractivity contribution in [3.63, 3.8) is 0 Å². The van der Waals surface area contributed by atoms with E-state index in [0.717, 1.165) is 12.1 Å². The van der Waals surface area contributed by atoms with E-state index in [1.807, 2.05) is 0 Å². The summed E-state index contributed by atoms with van der Waals surface area (Å²) in [6.45, 7) is 1.35. The minimum Gasteiger partial charge on any atom is -0.490 e. The molecule has 0 aromatic heterocycles. The molecule has 21 heavy (non-hydrogen) atoms. The maximum Gasteiger partial charge on any atom is 0.241 e. The van der Waals surface area contributed by atoms with Gasteiger partial charge >= 0.3 is 0 Å². The first-order valence-electron chi connectivity index (χ1n) is 5.92. The molecule has 10 heteroatoms. The van der Waals surface area contributed by atoms with E-state index in [1.54, 1.807) is 0 Å². The van der Waals surface area contributed by atoms with E-state index < -0.39 is 42.1 Å². The van der Waals surface area contributed by atoms with Crippen LogP contribution in [0.3, 0.4) is 0 Å². The van der Waals surface area contributed by atoms with Gasteiger partial charge in [-0.25, -0.2) is 26.4 Å². The van der Waals surface area contributed by atoms with Gasteiger partial charge in [0.05, 0.1) is 12.4 Å². The first kappa shape index (κ1) is 17.8. The van der Waals surface area contributed by atoms with Crippen molar-refractivity contribution in [1.82, 2.24) is 0 Å². The van der Waals surface area contributed by atoms with E-state index >= 15 is 0 Å². The number of nitrogens with two attached hydrogens (primary N) is 1. The van der Waals surface area contributed by atoms with Crippen molar-refractivity contribution in [3.8, 4) is 5.75 Å². The molecular formula is C11H15F2NO5S2. The quantitative estimate of drug-likeness (QED) is 0.738. The van der Waals surface area contributed by atoms with Gasteiger partial charge in [0.25, 0.3) is 0 Å². The first-order chi connectivity index (χ1) is 9.58. The van der Waals surface area contributed by atoms with E-state index in [1.165, 1.54) is 6.92 Å². The zero-order valence-corrected chi connectivity index (χ0v) is 12.8. The van der Waals surface area contributed by atoms with E-state index in [0.29, 0.717) is 0 Å². The second-order valence-corrected chi connectivity index (χ2v) is 8.18.